The van der Waals surface area contributed by atoms with Crippen LogP contribution in [0.2, 0.25) is 0 Å². The lowest BCUT2D eigenvalue weighted by Gasteiger charge is -2.34. The molecule has 2 aliphatic heterocycles. The molecule has 8 nitrogen and oxygen atoms in total. The monoisotopic (exact) mass is 486 g/mol. The molecule has 1 fully saturated rings. The predicted molar refractivity (Wildman–Crippen MR) is 127 cm³/mol. The predicted octanol–water partition coefficient (Wildman–Crippen LogP) is 3.44. The van der Waals surface area contributed by atoms with Crippen molar-refractivity contribution in [1.82, 2.24) is 19.9 Å². The molecule has 0 N–H and O–H groups in total. The fourth-order valence-corrected chi connectivity index (χ4v) is 5.36. The smallest absolute Gasteiger partial charge is 0.233 e. The molecule has 0 aliphatic carbocycles. The number of hydrogen-bond donors (Lipinski definition) is 0. The second-order valence-corrected chi connectivity index (χ2v) is 9.91. The molecule has 0 radical (unpaired) electrons. The Bertz CT molecular complexity index is 1060. The summed E-state index contributed by atoms with van der Waals surface area (Å²) in [4.78, 5) is 23.6. The van der Waals surface area contributed by atoms with Crippen LogP contribution in [-0.2, 0) is 11.2 Å². The van der Waals surface area contributed by atoms with E-state index in [1.54, 1.807) is 23.1 Å². The average Bonchev–Trinajstić information content (AvgIpc) is 3.55. The zero-order valence-electron chi connectivity index (χ0n) is 18.3. The summed E-state index contributed by atoms with van der Waals surface area (Å²) in [7, 11) is 0. The van der Waals surface area contributed by atoms with Crippen LogP contribution in [0.15, 0.2) is 45.1 Å². The van der Waals surface area contributed by atoms with Crippen molar-refractivity contribution in [1.29, 1.82) is 0 Å². The molecule has 0 bridgehead atoms. The molecule has 1 saturated heterocycles. The highest BCUT2D eigenvalue weighted by molar-refractivity contribution is 8.00. The van der Waals surface area contributed by atoms with Crippen LogP contribution < -0.4 is 9.47 Å². The number of piperazine rings is 1. The van der Waals surface area contributed by atoms with Crippen molar-refractivity contribution in [2.75, 3.05) is 51.7 Å². The third kappa shape index (κ3) is 5.69. The lowest BCUT2D eigenvalue weighted by Crippen LogP contribution is -2.49. The first kappa shape index (κ1) is 22.2. The topological polar surface area (TPSA) is 80.9 Å². The molecule has 4 heterocycles. The van der Waals surface area contributed by atoms with Crippen molar-refractivity contribution in [2.24, 2.45) is 0 Å². The summed E-state index contributed by atoms with van der Waals surface area (Å²) >= 11 is 3.15. The van der Waals surface area contributed by atoms with Crippen LogP contribution in [0.25, 0.3) is 10.7 Å². The maximum Gasteiger partial charge on any atom is 0.233 e. The van der Waals surface area contributed by atoms with E-state index in [0.29, 0.717) is 30.7 Å². The van der Waals surface area contributed by atoms with Gasteiger partial charge in [0.15, 0.2) is 11.5 Å². The van der Waals surface area contributed by atoms with Crippen molar-refractivity contribution in [3.05, 3.63) is 41.6 Å². The van der Waals surface area contributed by atoms with Crippen LogP contribution in [0.4, 0.5) is 0 Å². The van der Waals surface area contributed by atoms with Gasteiger partial charge in [0.1, 0.15) is 13.2 Å². The Morgan fingerprint density at radius 2 is 1.94 bits per heavy atom. The van der Waals surface area contributed by atoms with Gasteiger partial charge in [-0.3, -0.25) is 9.69 Å². The maximum absolute atomic E-state index is 12.7. The van der Waals surface area contributed by atoms with E-state index in [0.717, 1.165) is 66.8 Å². The third-order valence-electron chi connectivity index (χ3n) is 5.68. The SMILES string of the molecule is O=C(CSc1ccc2c(c1)OCCO2)N1CCN(CCCc2nc(-c3cccs3)no2)CC1. The standard InChI is InChI=1S/C23H26N4O4S2/c28-22(16-33-17-5-6-18-19(15-17)30-13-12-29-18)27-10-8-26(9-11-27)7-1-4-21-24-23(25-31-21)20-3-2-14-32-20/h2-3,5-6,14-15H,1,4,7-13,16H2. The molecule has 0 spiro atoms. The first-order valence-corrected chi connectivity index (χ1v) is 13.0. The zero-order valence-corrected chi connectivity index (χ0v) is 19.9. The summed E-state index contributed by atoms with van der Waals surface area (Å²) in [6.07, 6.45) is 1.73. The van der Waals surface area contributed by atoms with E-state index in [4.69, 9.17) is 14.0 Å². The van der Waals surface area contributed by atoms with Gasteiger partial charge in [-0.2, -0.15) is 4.98 Å². The number of aromatic nitrogens is 2. The molecule has 0 unspecified atom stereocenters. The molecule has 3 aromatic rings. The molecule has 0 saturated carbocycles. The third-order valence-corrected chi connectivity index (χ3v) is 7.52. The number of benzene rings is 1. The number of hydrogen-bond acceptors (Lipinski definition) is 9. The molecular formula is C23H26N4O4S2. The first-order valence-electron chi connectivity index (χ1n) is 11.1. The Hall–Kier alpha value is -2.56. The molecule has 10 heteroatoms. The van der Waals surface area contributed by atoms with Gasteiger partial charge in [0.2, 0.25) is 17.6 Å². The fraction of sp³-hybridized carbons (Fsp3) is 0.435. The number of aryl methyl sites for hydroxylation is 1. The quantitative estimate of drug-likeness (QED) is 0.448. The second-order valence-electron chi connectivity index (χ2n) is 7.91. The lowest BCUT2D eigenvalue weighted by atomic mass is 10.2. The van der Waals surface area contributed by atoms with E-state index in [9.17, 15) is 4.79 Å². The summed E-state index contributed by atoms with van der Waals surface area (Å²) in [6, 6.07) is 9.83. The van der Waals surface area contributed by atoms with Gasteiger partial charge in [0.05, 0.1) is 10.6 Å². The van der Waals surface area contributed by atoms with Gasteiger partial charge in [0, 0.05) is 37.5 Å². The number of fused-ring (bicyclic) bond motifs is 1. The van der Waals surface area contributed by atoms with E-state index in [-0.39, 0.29) is 5.91 Å². The second kappa shape index (κ2) is 10.6. The Morgan fingerprint density at radius 3 is 2.76 bits per heavy atom. The number of nitrogens with zero attached hydrogens (tertiary/aromatic N) is 4. The molecule has 33 heavy (non-hydrogen) atoms. The molecule has 2 aliphatic rings. The van der Waals surface area contributed by atoms with Gasteiger partial charge < -0.3 is 18.9 Å². The van der Waals surface area contributed by atoms with Gasteiger partial charge in [-0.05, 0) is 42.6 Å². The Morgan fingerprint density at radius 1 is 1.09 bits per heavy atom. The van der Waals surface area contributed by atoms with Crippen LogP contribution >= 0.6 is 23.1 Å². The van der Waals surface area contributed by atoms with Crippen LogP contribution in [0, 0.1) is 0 Å². The molecule has 2 aromatic heterocycles. The van der Waals surface area contributed by atoms with Gasteiger partial charge in [0.25, 0.3) is 0 Å². The van der Waals surface area contributed by atoms with Crippen molar-refractivity contribution < 1.29 is 18.8 Å². The summed E-state index contributed by atoms with van der Waals surface area (Å²) < 4.78 is 16.6. The molecule has 174 valence electrons. The van der Waals surface area contributed by atoms with Crippen LogP contribution in [0.1, 0.15) is 12.3 Å². The minimum absolute atomic E-state index is 0.182. The molecule has 1 amide bonds. The highest BCUT2D eigenvalue weighted by Gasteiger charge is 2.21. The summed E-state index contributed by atoms with van der Waals surface area (Å²) in [6.45, 7) is 5.43. The number of carbonyl (C=O) groups excluding carboxylic acids is 1. The first-order chi connectivity index (χ1) is 16.2. The highest BCUT2D eigenvalue weighted by Crippen LogP contribution is 2.34. The van der Waals surface area contributed by atoms with Crippen LogP contribution in [0.5, 0.6) is 11.5 Å². The number of rotatable bonds is 8. The molecule has 1 aromatic carbocycles. The summed E-state index contributed by atoms with van der Waals surface area (Å²) in [5.74, 6) is 3.50. The lowest BCUT2D eigenvalue weighted by molar-refractivity contribution is -0.130. The van der Waals surface area contributed by atoms with Gasteiger partial charge in [-0.1, -0.05) is 11.2 Å². The van der Waals surface area contributed by atoms with Crippen LogP contribution in [-0.4, -0.2) is 77.5 Å². The zero-order chi connectivity index (χ0) is 22.5. The van der Waals surface area contributed by atoms with Crippen molar-refractivity contribution in [3.8, 4) is 22.2 Å². The Kier molecular flexibility index (Phi) is 7.13. The van der Waals surface area contributed by atoms with Crippen molar-refractivity contribution >= 4 is 29.0 Å². The van der Waals surface area contributed by atoms with E-state index >= 15 is 0 Å². The van der Waals surface area contributed by atoms with E-state index < -0.39 is 0 Å². The molecule has 0 atom stereocenters. The summed E-state index contributed by atoms with van der Waals surface area (Å²) in [5.41, 5.74) is 0. The normalized spacial score (nSPS) is 16.2. The Labute approximate surface area is 200 Å². The number of amides is 1. The molecule has 5 rings (SSSR count). The van der Waals surface area contributed by atoms with E-state index in [2.05, 4.69) is 15.0 Å². The largest absolute Gasteiger partial charge is 0.486 e. The number of thiophene rings is 1. The van der Waals surface area contributed by atoms with Crippen LogP contribution in [0.3, 0.4) is 0 Å². The number of thioether (sulfide) groups is 1. The van der Waals surface area contributed by atoms with Gasteiger partial charge in [-0.25, -0.2) is 0 Å². The Balaban J connectivity index is 1.01. The van der Waals surface area contributed by atoms with E-state index in [1.807, 2.05) is 40.6 Å². The van der Waals surface area contributed by atoms with Gasteiger partial charge in [-0.15, -0.1) is 23.1 Å². The van der Waals surface area contributed by atoms with Crippen molar-refractivity contribution in [2.45, 2.75) is 17.7 Å². The average molecular weight is 487 g/mol. The van der Waals surface area contributed by atoms with E-state index in [1.165, 1.54) is 0 Å². The minimum Gasteiger partial charge on any atom is -0.486 e. The number of carbonyl (C=O) groups is 1. The summed E-state index contributed by atoms with van der Waals surface area (Å²) in [5, 5.41) is 6.07. The highest BCUT2D eigenvalue weighted by atomic mass is 32.2. The fourth-order valence-electron chi connectivity index (χ4n) is 3.89. The number of ether oxygens (including phenoxy) is 2. The van der Waals surface area contributed by atoms with Crippen molar-refractivity contribution in [3.63, 3.8) is 0 Å². The molecular weight excluding hydrogens is 460 g/mol. The minimum atomic E-state index is 0.182. The van der Waals surface area contributed by atoms with Gasteiger partial charge >= 0.3 is 0 Å². The maximum atomic E-state index is 12.7.